The largest absolute Gasteiger partial charge is 0.490 e. The van der Waals surface area contributed by atoms with Crippen LogP contribution in [-0.4, -0.2) is 29.4 Å². The zero-order chi connectivity index (χ0) is 19.5. The number of fused-ring (bicyclic) bond motifs is 1. The standard InChI is InChI=1S/C22H27N3O3/c1-3-8-17-20(22(26)27-2)19(16-13-23-25-21(16)24-17)15-11-6-7-12-18(15)28-14-9-4-5-10-14/h6-7,11-14,19H,3-5,8-10H2,1-2H3,(H2,23,24,25). The number of rotatable bonds is 6. The SMILES string of the molecule is CCCC1=C(C(=O)OC)C(c2ccccc2OC2CCCC2)c2cn[nH]c2N1. The summed E-state index contributed by atoms with van der Waals surface area (Å²) in [5.74, 6) is 1.08. The molecule has 0 saturated heterocycles. The number of anilines is 1. The van der Waals surface area contributed by atoms with Crippen molar-refractivity contribution in [3.8, 4) is 5.75 Å². The number of para-hydroxylation sites is 1. The number of carbonyl (C=O) groups is 1. The van der Waals surface area contributed by atoms with Crippen LogP contribution in [0, 0.1) is 0 Å². The van der Waals surface area contributed by atoms with Gasteiger partial charge < -0.3 is 14.8 Å². The number of nitrogens with zero attached hydrogens (tertiary/aromatic N) is 1. The normalized spacial score (nSPS) is 19.3. The predicted molar refractivity (Wildman–Crippen MR) is 107 cm³/mol. The number of H-pyrrole nitrogens is 1. The molecule has 1 aliphatic heterocycles. The molecule has 1 aromatic carbocycles. The molecular formula is C22H27N3O3. The van der Waals surface area contributed by atoms with Crippen molar-refractivity contribution in [2.24, 2.45) is 0 Å². The highest BCUT2D eigenvalue weighted by atomic mass is 16.5. The summed E-state index contributed by atoms with van der Waals surface area (Å²) in [6.45, 7) is 2.10. The first-order valence-corrected chi connectivity index (χ1v) is 10.1. The van der Waals surface area contributed by atoms with Crippen LogP contribution in [0.2, 0.25) is 0 Å². The number of aromatic amines is 1. The maximum absolute atomic E-state index is 12.8. The Bertz CT molecular complexity index is 881. The molecule has 2 N–H and O–H groups in total. The summed E-state index contributed by atoms with van der Waals surface area (Å²) in [5.41, 5.74) is 3.43. The van der Waals surface area contributed by atoms with Crippen LogP contribution in [0.25, 0.3) is 0 Å². The van der Waals surface area contributed by atoms with Crippen molar-refractivity contribution in [1.29, 1.82) is 0 Å². The second-order valence-corrected chi connectivity index (χ2v) is 7.45. The molecule has 1 aliphatic carbocycles. The van der Waals surface area contributed by atoms with Gasteiger partial charge in [-0.05, 0) is 38.2 Å². The van der Waals surface area contributed by atoms with Crippen molar-refractivity contribution >= 4 is 11.8 Å². The number of nitrogens with one attached hydrogen (secondary N) is 2. The summed E-state index contributed by atoms with van der Waals surface area (Å²) in [6.07, 6.45) is 8.28. The number of carbonyl (C=O) groups excluding carboxylic acids is 1. The smallest absolute Gasteiger partial charge is 0.336 e. The van der Waals surface area contributed by atoms with E-state index in [0.717, 1.165) is 54.1 Å². The van der Waals surface area contributed by atoms with Gasteiger partial charge in [0.25, 0.3) is 0 Å². The van der Waals surface area contributed by atoms with Crippen LogP contribution in [0.1, 0.15) is 62.5 Å². The molecule has 1 saturated carbocycles. The second-order valence-electron chi connectivity index (χ2n) is 7.45. The molecule has 1 atom stereocenters. The van der Waals surface area contributed by atoms with Crippen molar-refractivity contribution in [3.05, 3.63) is 52.9 Å². The first kappa shape index (κ1) is 18.6. The van der Waals surface area contributed by atoms with Crippen LogP contribution in [0.15, 0.2) is 41.7 Å². The molecule has 2 heterocycles. The fourth-order valence-corrected chi connectivity index (χ4v) is 4.30. The van der Waals surface area contributed by atoms with Crippen molar-refractivity contribution in [1.82, 2.24) is 10.2 Å². The third-order valence-corrected chi connectivity index (χ3v) is 5.60. The molecule has 0 amide bonds. The van der Waals surface area contributed by atoms with Gasteiger partial charge in [-0.15, -0.1) is 0 Å². The molecule has 28 heavy (non-hydrogen) atoms. The van der Waals surface area contributed by atoms with Crippen LogP contribution >= 0.6 is 0 Å². The Morgan fingerprint density at radius 1 is 1.21 bits per heavy atom. The number of allylic oxidation sites excluding steroid dienone is 1. The lowest BCUT2D eigenvalue weighted by Gasteiger charge is -2.30. The van der Waals surface area contributed by atoms with Gasteiger partial charge in [0.05, 0.1) is 30.9 Å². The summed E-state index contributed by atoms with van der Waals surface area (Å²) in [4.78, 5) is 12.8. The molecule has 6 heteroatoms. The third-order valence-electron chi connectivity index (χ3n) is 5.60. The number of ether oxygens (including phenoxy) is 2. The van der Waals surface area contributed by atoms with Gasteiger partial charge in [-0.2, -0.15) is 5.10 Å². The zero-order valence-electron chi connectivity index (χ0n) is 16.5. The van der Waals surface area contributed by atoms with Crippen LogP contribution in [0.3, 0.4) is 0 Å². The summed E-state index contributed by atoms with van der Waals surface area (Å²) < 4.78 is 11.6. The molecule has 1 fully saturated rings. The predicted octanol–water partition coefficient (Wildman–Crippen LogP) is 4.52. The second kappa shape index (κ2) is 8.09. The van der Waals surface area contributed by atoms with Gasteiger partial charge in [0.2, 0.25) is 0 Å². The van der Waals surface area contributed by atoms with E-state index in [1.54, 1.807) is 6.20 Å². The minimum Gasteiger partial charge on any atom is -0.490 e. The topological polar surface area (TPSA) is 76.2 Å². The highest BCUT2D eigenvalue weighted by Crippen LogP contribution is 2.45. The van der Waals surface area contributed by atoms with Gasteiger partial charge in [-0.25, -0.2) is 4.79 Å². The number of methoxy groups -OCH3 is 1. The maximum atomic E-state index is 12.8. The Hall–Kier alpha value is -2.76. The van der Waals surface area contributed by atoms with Crippen molar-refractivity contribution in [3.63, 3.8) is 0 Å². The van der Waals surface area contributed by atoms with Gasteiger partial charge in [0.15, 0.2) is 0 Å². The summed E-state index contributed by atoms with van der Waals surface area (Å²) >= 11 is 0. The lowest BCUT2D eigenvalue weighted by molar-refractivity contribution is -0.136. The molecule has 148 valence electrons. The molecule has 1 unspecified atom stereocenters. The highest BCUT2D eigenvalue weighted by Gasteiger charge is 2.37. The van der Waals surface area contributed by atoms with Crippen LogP contribution in [0.5, 0.6) is 5.75 Å². The lowest BCUT2D eigenvalue weighted by atomic mass is 9.81. The lowest BCUT2D eigenvalue weighted by Crippen LogP contribution is -2.25. The molecule has 1 aromatic heterocycles. The number of hydrogen-bond donors (Lipinski definition) is 2. The molecule has 2 aromatic rings. The monoisotopic (exact) mass is 381 g/mol. The number of hydrogen-bond acceptors (Lipinski definition) is 5. The van der Waals surface area contributed by atoms with Gasteiger partial charge in [-0.1, -0.05) is 31.5 Å². The zero-order valence-corrected chi connectivity index (χ0v) is 16.5. The number of aromatic nitrogens is 2. The Morgan fingerprint density at radius 2 is 2.00 bits per heavy atom. The summed E-state index contributed by atoms with van der Waals surface area (Å²) in [6, 6.07) is 8.03. The average Bonchev–Trinajstić information content (AvgIpc) is 3.39. The van der Waals surface area contributed by atoms with Crippen molar-refractivity contribution in [2.45, 2.75) is 57.5 Å². The first-order chi connectivity index (χ1) is 13.7. The van der Waals surface area contributed by atoms with E-state index in [4.69, 9.17) is 9.47 Å². The van der Waals surface area contributed by atoms with Gasteiger partial charge in [0.1, 0.15) is 11.6 Å². The van der Waals surface area contributed by atoms with Crippen molar-refractivity contribution < 1.29 is 14.3 Å². The minimum absolute atomic E-state index is 0.243. The van der Waals surface area contributed by atoms with E-state index in [1.165, 1.54) is 20.0 Å². The van der Waals surface area contributed by atoms with Crippen LogP contribution in [0.4, 0.5) is 5.82 Å². The molecule has 0 spiro atoms. The Kier molecular flexibility index (Phi) is 5.37. The third kappa shape index (κ3) is 3.39. The Morgan fingerprint density at radius 3 is 2.75 bits per heavy atom. The quantitative estimate of drug-likeness (QED) is 0.720. The van der Waals surface area contributed by atoms with E-state index in [0.29, 0.717) is 5.57 Å². The van der Waals surface area contributed by atoms with Gasteiger partial charge >= 0.3 is 5.97 Å². The Balaban J connectivity index is 1.83. The van der Waals surface area contributed by atoms with Gasteiger partial charge in [-0.3, -0.25) is 5.10 Å². The van der Waals surface area contributed by atoms with E-state index in [9.17, 15) is 4.79 Å². The van der Waals surface area contributed by atoms with Crippen LogP contribution < -0.4 is 10.1 Å². The van der Waals surface area contributed by atoms with Crippen LogP contribution in [-0.2, 0) is 9.53 Å². The number of benzene rings is 1. The fraction of sp³-hybridized carbons (Fsp3) is 0.455. The molecule has 0 radical (unpaired) electrons. The van der Waals surface area contributed by atoms with E-state index >= 15 is 0 Å². The van der Waals surface area contributed by atoms with E-state index < -0.39 is 0 Å². The van der Waals surface area contributed by atoms with Gasteiger partial charge in [0, 0.05) is 16.8 Å². The average molecular weight is 381 g/mol. The summed E-state index contributed by atoms with van der Waals surface area (Å²) in [7, 11) is 1.43. The molecule has 6 nitrogen and oxygen atoms in total. The minimum atomic E-state index is -0.316. The van der Waals surface area contributed by atoms with E-state index in [1.807, 2.05) is 24.3 Å². The highest BCUT2D eigenvalue weighted by molar-refractivity contribution is 5.94. The molecule has 2 aliphatic rings. The fourth-order valence-electron chi connectivity index (χ4n) is 4.30. The molecule has 0 bridgehead atoms. The van der Waals surface area contributed by atoms with Crippen molar-refractivity contribution in [2.75, 3.05) is 12.4 Å². The maximum Gasteiger partial charge on any atom is 0.336 e. The summed E-state index contributed by atoms with van der Waals surface area (Å²) in [5, 5.41) is 10.6. The molecular weight excluding hydrogens is 354 g/mol. The molecule has 4 rings (SSSR count). The van der Waals surface area contributed by atoms with E-state index in [2.05, 4.69) is 22.4 Å². The number of esters is 1. The Labute approximate surface area is 165 Å². The first-order valence-electron chi connectivity index (χ1n) is 10.1. The van der Waals surface area contributed by atoms with E-state index in [-0.39, 0.29) is 18.0 Å².